The fourth-order valence-corrected chi connectivity index (χ4v) is 4.66. The van der Waals surface area contributed by atoms with Crippen LogP contribution in [0, 0.1) is 19.7 Å². The number of likely N-dealkylation sites (tertiary alicyclic amines) is 1. The molecule has 1 heterocycles. The summed E-state index contributed by atoms with van der Waals surface area (Å²) in [7, 11) is 0. The molecule has 1 N–H and O–H groups in total. The highest BCUT2D eigenvalue weighted by molar-refractivity contribution is 6.46. The number of halogens is 1. The summed E-state index contributed by atoms with van der Waals surface area (Å²) in [4.78, 5) is 28.1. The maximum atomic E-state index is 13.4. The highest BCUT2D eigenvalue weighted by Crippen LogP contribution is 2.40. The van der Waals surface area contributed by atoms with E-state index in [1.54, 1.807) is 12.1 Å². The summed E-state index contributed by atoms with van der Waals surface area (Å²) in [6.45, 7) is 10.4. The molecule has 36 heavy (non-hydrogen) atoms. The van der Waals surface area contributed by atoms with Crippen LogP contribution in [0.5, 0.6) is 0 Å². The summed E-state index contributed by atoms with van der Waals surface area (Å²) < 4.78 is 13.4. The summed E-state index contributed by atoms with van der Waals surface area (Å²) >= 11 is 0. The van der Waals surface area contributed by atoms with Crippen LogP contribution in [0.1, 0.15) is 60.2 Å². The summed E-state index contributed by atoms with van der Waals surface area (Å²) in [5.41, 5.74) is 5.09. The van der Waals surface area contributed by atoms with E-state index in [1.165, 1.54) is 17.0 Å². The average molecular weight is 486 g/mol. The summed E-state index contributed by atoms with van der Waals surface area (Å²) in [6, 6.07) is 18.9. The number of nitrogens with zero attached hydrogens (tertiary/aromatic N) is 1. The standard InChI is InChI=1S/C31H32FNO3/c1-19-6-7-20(2)25(18-19)28(34)26-27(22-10-12-23(13-11-22)31(3,4)5)33(30(36)29(26)35)17-16-21-8-14-24(32)15-9-21/h6-15,18,27,34H,16-17H2,1-5H3/b28-26+. The SMILES string of the molecule is Cc1ccc(C)c(/C(O)=C2\C(=O)C(=O)N(CCc3ccc(F)cc3)C2c2ccc(C(C)(C)C)cc2)c1. The molecule has 0 saturated carbocycles. The Morgan fingerprint density at radius 3 is 2.19 bits per heavy atom. The van der Waals surface area contributed by atoms with E-state index in [9.17, 15) is 19.1 Å². The molecule has 1 atom stereocenters. The zero-order valence-electron chi connectivity index (χ0n) is 21.4. The third-order valence-electron chi connectivity index (χ3n) is 6.84. The summed E-state index contributed by atoms with van der Waals surface area (Å²) in [5, 5.41) is 11.4. The van der Waals surface area contributed by atoms with E-state index in [4.69, 9.17) is 0 Å². The monoisotopic (exact) mass is 485 g/mol. The Bertz CT molecular complexity index is 1330. The Morgan fingerprint density at radius 1 is 0.944 bits per heavy atom. The Balaban J connectivity index is 1.81. The molecule has 1 amide bonds. The molecule has 1 fully saturated rings. The van der Waals surface area contributed by atoms with Gasteiger partial charge in [0.25, 0.3) is 11.7 Å². The van der Waals surface area contributed by atoms with Crippen molar-refractivity contribution in [1.29, 1.82) is 0 Å². The average Bonchev–Trinajstić information content (AvgIpc) is 3.09. The lowest BCUT2D eigenvalue weighted by Crippen LogP contribution is -2.31. The minimum Gasteiger partial charge on any atom is -0.507 e. The van der Waals surface area contributed by atoms with Crippen molar-refractivity contribution in [2.24, 2.45) is 0 Å². The number of hydrogen-bond acceptors (Lipinski definition) is 3. The van der Waals surface area contributed by atoms with Gasteiger partial charge in [0.05, 0.1) is 11.6 Å². The van der Waals surface area contributed by atoms with Crippen LogP contribution in [0.2, 0.25) is 0 Å². The molecule has 1 saturated heterocycles. The second-order valence-electron chi connectivity index (χ2n) is 10.6. The normalized spacial score (nSPS) is 17.6. The van der Waals surface area contributed by atoms with Crippen LogP contribution >= 0.6 is 0 Å². The highest BCUT2D eigenvalue weighted by Gasteiger charge is 2.46. The molecule has 3 aromatic rings. The van der Waals surface area contributed by atoms with Gasteiger partial charge in [0, 0.05) is 12.1 Å². The van der Waals surface area contributed by atoms with Crippen LogP contribution in [0.15, 0.2) is 72.3 Å². The van der Waals surface area contributed by atoms with Gasteiger partial charge in [0.15, 0.2) is 0 Å². The number of rotatable bonds is 5. The second kappa shape index (κ2) is 9.73. The van der Waals surface area contributed by atoms with Crippen molar-refractivity contribution in [3.63, 3.8) is 0 Å². The first-order valence-corrected chi connectivity index (χ1v) is 12.2. The maximum Gasteiger partial charge on any atom is 0.295 e. The molecule has 5 heteroatoms. The second-order valence-corrected chi connectivity index (χ2v) is 10.6. The lowest BCUT2D eigenvalue weighted by Gasteiger charge is -2.27. The lowest BCUT2D eigenvalue weighted by molar-refractivity contribution is -0.139. The Morgan fingerprint density at radius 2 is 1.58 bits per heavy atom. The number of benzene rings is 3. The molecule has 186 valence electrons. The molecule has 0 radical (unpaired) electrons. The van der Waals surface area contributed by atoms with Gasteiger partial charge in [0.2, 0.25) is 0 Å². The van der Waals surface area contributed by atoms with Gasteiger partial charge >= 0.3 is 0 Å². The number of hydrogen-bond donors (Lipinski definition) is 1. The van der Waals surface area contributed by atoms with Crippen molar-refractivity contribution in [2.75, 3.05) is 6.54 Å². The van der Waals surface area contributed by atoms with E-state index in [0.717, 1.165) is 27.8 Å². The van der Waals surface area contributed by atoms with Crippen LogP contribution in [-0.4, -0.2) is 28.2 Å². The molecule has 0 aliphatic carbocycles. The van der Waals surface area contributed by atoms with Gasteiger partial charge in [-0.15, -0.1) is 0 Å². The molecule has 0 aromatic heterocycles. The molecule has 1 aliphatic rings. The molecule has 4 nitrogen and oxygen atoms in total. The number of carbonyl (C=O) groups is 2. The number of amides is 1. The molecular weight excluding hydrogens is 453 g/mol. The first-order valence-electron chi connectivity index (χ1n) is 12.2. The third-order valence-corrected chi connectivity index (χ3v) is 6.84. The fourth-order valence-electron chi connectivity index (χ4n) is 4.66. The van der Waals surface area contributed by atoms with Gasteiger partial charge in [-0.25, -0.2) is 4.39 Å². The maximum absolute atomic E-state index is 13.4. The number of aryl methyl sites for hydroxylation is 2. The lowest BCUT2D eigenvalue weighted by atomic mass is 9.85. The predicted molar refractivity (Wildman–Crippen MR) is 140 cm³/mol. The molecule has 0 bridgehead atoms. The van der Waals surface area contributed by atoms with Gasteiger partial charge < -0.3 is 10.0 Å². The molecule has 1 aliphatic heterocycles. The zero-order chi connectivity index (χ0) is 26.2. The van der Waals surface area contributed by atoms with E-state index >= 15 is 0 Å². The van der Waals surface area contributed by atoms with Gasteiger partial charge in [-0.3, -0.25) is 9.59 Å². The fraction of sp³-hybridized carbons (Fsp3) is 0.290. The number of aliphatic hydroxyl groups excluding tert-OH is 1. The molecular formula is C31H32FNO3. The third kappa shape index (κ3) is 4.97. The van der Waals surface area contributed by atoms with E-state index in [2.05, 4.69) is 20.8 Å². The van der Waals surface area contributed by atoms with Crippen molar-refractivity contribution in [2.45, 2.75) is 52.5 Å². The number of carbonyl (C=O) groups excluding carboxylic acids is 2. The smallest absolute Gasteiger partial charge is 0.295 e. The van der Waals surface area contributed by atoms with Crippen LogP contribution < -0.4 is 0 Å². The zero-order valence-corrected chi connectivity index (χ0v) is 21.4. The van der Waals surface area contributed by atoms with Gasteiger partial charge in [-0.05, 0) is 66.1 Å². The largest absolute Gasteiger partial charge is 0.507 e. The van der Waals surface area contributed by atoms with Crippen molar-refractivity contribution in [1.82, 2.24) is 4.90 Å². The Hall–Kier alpha value is -3.73. The summed E-state index contributed by atoms with van der Waals surface area (Å²) in [6.07, 6.45) is 0.452. The van der Waals surface area contributed by atoms with Crippen LogP contribution in [0.25, 0.3) is 5.76 Å². The van der Waals surface area contributed by atoms with E-state index in [1.807, 2.05) is 56.3 Å². The van der Waals surface area contributed by atoms with Gasteiger partial charge in [-0.2, -0.15) is 0 Å². The minimum absolute atomic E-state index is 0.0540. The minimum atomic E-state index is -0.723. The number of ketones is 1. The van der Waals surface area contributed by atoms with Crippen LogP contribution in [-0.2, 0) is 21.4 Å². The molecule has 4 rings (SSSR count). The predicted octanol–water partition coefficient (Wildman–Crippen LogP) is 6.40. The Labute approximate surface area is 212 Å². The van der Waals surface area contributed by atoms with E-state index in [-0.39, 0.29) is 29.1 Å². The van der Waals surface area contributed by atoms with Crippen LogP contribution in [0.3, 0.4) is 0 Å². The van der Waals surface area contributed by atoms with Crippen molar-refractivity contribution in [3.8, 4) is 0 Å². The highest BCUT2D eigenvalue weighted by atomic mass is 19.1. The summed E-state index contributed by atoms with van der Waals surface area (Å²) in [5.74, 6) is -1.83. The molecule has 3 aromatic carbocycles. The first-order chi connectivity index (χ1) is 17.0. The molecule has 1 unspecified atom stereocenters. The van der Waals surface area contributed by atoms with Crippen molar-refractivity contribution in [3.05, 3.63) is 112 Å². The first kappa shape index (κ1) is 25.4. The van der Waals surface area contributed by atoms with Gasteiger partial charge in [-0.1, -0.05) is 74.9 Å². The number of Topliss-reactive ketones (excluding diaryl/α,β-unsaturated/α-hetero) is 1. The topological polar surface area (TPSA) is 57.6 Å². The van der Waals surface area contributed by atoms with E-state index < -0.39 is 17.7 Å². The van der Waals surface area contributed by atoms with Gasteiger partial charge in [0.1, 0.15) is 11.6 Å². The molecule has 0 spiro atoms. The van der Waals surface area contributed by atoms with Crippen LogP contribution in [0.4, 0.5) is 4.39 Å². The van der Waals surface area contributed by atoms with Crippen molar-refractivity contribution >= 4 is 17.4 Å². The van der Waals surface area contributed by atoms with E-state index in [0.29, 0.717) is 12.0 Å². The number of aliphatic hydroxyl groups is 1. The Kier molecular flexibility index (Phi) is 6.85. The quantitative estimate of drug-likeness (QED) is 0.258. The van der Waals surface area contributed by atoms with Crippen molar-refractivity contribution < 1.29 is 19.1 Å².